The van der Waals surface area contributed by atoms with E-state index in [4.69, 9.17) is 18.9 Å². The first-order chi connectivity index (χ1) is 13.8. The minimum Gasteiger partial charge on any atom is -0.491 e. The lowest BCUT2D eigenvalue weighted by Gasteiger charge is -2.15. The molecular weight excluding hydrogens is 413 g/mol. The summed E-state index contributed by atoms with van der Waals surface area (Å²) in [5, 5.41) is 6.41. The van der Waals surface area contributed by atoms with Crippen LogP contribution >= 0.6 is 11.8 Å². The van der Waals surface area contributed by atoms with Gasteiger partial charge in [0.05, 0.1) is 39.6 Å². The minimum absolute atomic E-state index is 0.0674. The van der Waals surface area contributed by atoms with E-state index in [1.165, 1.54) is 36.9 Å². The van der Waals surface area contributed by atoms with Crippen LogP contribution in [0.4, 0.5) is 13.2 Å². The number of thioether (sulfide) groups is 1. The van der Waals surface area contributed by atoms with Gasteiger partial charge in [0.1, 0.15) is 12.4 Å². The van der Waals surface area contributed by atoms with Crippen LogP contribution in [0.2, 0.25) is 0 Å². The molecule has 0 atom stereocenters. The molecule has 1 aliphatic heterocycles. The highest BCUT2D eigenvalue weighted by Gasteiger charge is 2.65. The van der Waals surface area contributed by atoms with Crippen molar-refractivity contribution in [3.05, 3.63) is 29.8 Å². The Labute approximate surface area is 170 Å². The highest BCUT2D eigenvalue weighted by molar-refractivity contribution is 8.13. The zero-order chi connectivity index (χ0) is 21.2. The molecule has 11 heteroatoms. The minimum atomic E-state index is -4.56. The number of nitrogens with zero attached hydrogens (tertiary/aromatic N) is 2. The van der Waals surface area contributed by atoms with Crippen molar-refractivity contribution in [2.24, 2.45) is 10.2 Å². The van der Waals surface area contributed by atoms with Gasteiger partial charge >= 0.3 is 11.8 Å². The molecule has 7 nitrogen and oxygen atoms in total. The van der Waals surface area contributed by atoms with Gasteiger partial charge in [-0.1, -0.05) is 23.9 Å². The molecule has 1 aromatic carbocycles. The summed E-state index contributed by atoms with van der Waals surface area (Å²) in [6, 6.07) is 5.64. The number of alkyl halides is 3. The second-order valence-corrected chi connectivity index (χ2v) is 7.20. The maximum atomic E-state index is 13.0. The number of carbonyl (C=O) groups is 1. The lowest BCUT2D eigenvalue weighted by atomic mass is 10.0. The summed E-state index contributed by atoms with van der Waals surface area (Å²) in [7, 11) is 0. The molecule has 29 heavy (non-hydrogen) atoms. The maximum absolute atomic E-state index is 13.0. The molecule has 0 radical (unpaired) electrons. The molecule has 1 aromatic rings. The van der Waals surface area contributed by atoms with Crippen molar-refractivity contribution in [2.45, 2.75) is 18.8 Å². The third-order valence-electron chi connectivity index (χ3n) is 3.71. The molecular formula is C18H23F3N2O5S. The lowest BCUT2D eigenvalue weighted by Crippen LogP contribution is -2.30. The third kappa shape index (κ3) is 7.92. The van der Waals surface area contributed by atoms with E-state index < -0.39 is 11.8 Å². The van der Waals surface area contributed by atoms with Crippen molar-refractivity contribution in [3.63, 3.8) is 0 Å². The molecule has 2 rings (SSSR count). The van der Waals surface area contributed by atoms with Crippen LogP contribution in [-0.2, 0) is 24.7 Å². The normalized spacial score (nSPS) is 14.8. The van der Waals surface area contributed by atoms with E-state index in [0.717, 1.165) is 0 Å². The van der Waals surface area contributed by atoms with Gasteiger partial charge in [-0.15, -0.1) is 10.2 Å². The van der Waals surface area contributed by atoms with Gasteiger partial charge in [-0.25, -0.2) is 0 Å². The number of rotatable bonds is 14. The van der Waals surface area contributed by atoms with Crippen LogP contribution in [0.5, 0.6) is 5.75 Å². The zero-order valence-electron chi connectivity index (χ0n) is 15.9. The fraction of sp³-hybridized carbons (Fsp3) is 0.611. The number of hydrogen-bond donors (Lipinski definition) is 0. The number of halogens is 3. The van der Waals surface area contributed by atoms with E-state index >= 15 is 0 Å². The van der Waals surface area contributed by atoms with Crippen LogP contribution in [0.15, 0.2) is 34.5 Å². The molecule has 0 fully saturated rings. The largest absolute Gasteiger partial charge is 0.491 e. The zero-order valence-corrected chi connectivity index (χ0v) is 16.8. The first kappa shape index (κ1) is 23.6. The van der Waals surface area contributed by atoms with E-state index in [0.29, 0.717) is 44.5 Å². The molecule has 0 N–H and O–H groups in total. The summed E-state index contributed by atoms with van der Waals surface area (Å²) in [5.74, 6) is 0.922. The Balaban J connectivity index is 1.49. The summed E-state index contributed by atoms with van der Waals surface area (Å²) in [5.41, 5.74) is -2.52. The second kappa shape index (κ2) is 11.5. The highest BCUT2D eigenvalue weighted by Crippen LogP contribution is 2.52. The second-order valence-electron chi connectivity index (χ2n) is 5.92. The van der Waals surface area contributed by atoms with Gasteiger partial charge in [0.25, 0.3) is 0 Å². The predicted molar refractivity (Wildman–Crippen MR) is 100 cm³/mol. The Morgan fingerprint density at radius 1 is 1.00 bits per heavy atom. The van der Waals surface area contributed by atoms with Gasteiger partial charge in [-0.05, 0) is 12.1 Å². The summed E-state index contributed by atoms with van der Waals surface area (Å²) in [6.45, 7) is 4.08. The lowest BCUT2D eigenvalue weighted by molar-refractivity contribution is -0.166. The molecule has 162 valence electrons. The Hall–Kier alpha value is -1.69. The van der Waals surface area contributed by atoms with Crippen molar-refractivity contribution in [2.75, 3.05) is 52.0 Å². The van der Waals surface area contributed by atoms with E-state index in [-0.39, 0.29) is 23.9 Å². The molecule has 0 saturated heterocycles. The molecule has 0 spiro atoms. The topological polar surface area (TPSA) is 78.7 Å². The monoisotopic (exact) mass is 436 g/mol. The number of carbonyl (C=O) groups excluding carboxylic acids is 1. The Morgan fingerprint density at radius 2 is 1.59 bits per heavy atom. The molecule has 0 amide bonds. The van der Waals surface area contributed by atoms with Crippen LogP contribution in [0.25, 0.3) is 0 Å². The standard InChI is InChI=1S/C18H23F3N2O5S/c1-14(24)29-12-11-27-8-7-25-5-6-26-9-10-28-16-4-2-3-15(13-16)17(22-23-17)18(19,20)21/h2-4,13H,5-12H2,1H3. The molecule has 1 heterocycles. The molecule has 0 unspecified atom stereocenters. The number of benzene rings is 1. The molecule has 1 aliphatic rings. The summed E-state index contributed by atoms with van der Waals surface area (Å²) >= 11 is 1.22. The predicted octanol–water partition coefficient (Wildman–Crippen LogP) is 3.58. The summed E-state index contributed by atoms with van der Waals surface area (Å²) in [6.07, 6.45) is -4.56. The van der Waals surface area contributed by atoms with Crippen molar-refractivity contribution < 1.29 is 36.9 Å². The SMILES string of the molecule is CC(=O)SCCOCCOCCOCCOc1cccc(C2(C(F)(F)F)N=N2)c1. The van der Waals surface area contributed by atoms with Gasteiger partial charge in [0, 0.05) is 18.2 Å². The van der Waals surface area contributed by atoms with E-state index in [1.807, 2.05) is 0 Å². The summed E-state index contributed by atoms with van der Waals surface area (Å²) in [4.78, 5) is 10.7. The Morgan fingerprint density at radius 3 is 2.14 bits per heavy atom. The van der Waals surface area contributed by atoms with Crippen molar-refractivity contribution in [1.82, 2.24) is 0 Å². The van der Waals surface area contributed by atoms with E-state index in [2.05, 4.69) is 10.2 Å². The van der Waals surface area contributed by atoms with E-state index in [1.54, 1.807) is 6.07 Å². The van der Waals surface area contributed by atoms with Gasteiger partial charge in [-0.2, -0.15) is 13.2 Å². The molecule has 0 bridgehead atoms. The van der Waals surface area contributed by atoms with Crippen LogP contribution < -0.4 is 4.74 Å². The first-order valence-corrected chi connectivity index (χ1v) is 9.94. The first-order valence-electron chi connectivity index (χ1n) is 8.96. The average Bonchev–Trinajstić information content (AvgIpc) is 3.47. The number of ether oxygens (including phenoxy) is 4. The van der Waals surface area contributed by atoms with E-state index in [9.17, 15) is 18.0 Å². The van der Waals surface area contributed by atoms with Gasteiger partial charge in [-0.3, -0.25) is 4.79 Å². The Kier molecular flexibility index (Phi) is 9.34. The molecule has 0 aromatic heterocycles. The number of hydrogen-bond acceptors (Lipinski definition) is 8. The average molecular weight is 436 g/mol. The smallest absolute Gasteiger partial charge is 0.442 e. The highest BCUT2D eigenvalue weighted by atomic mass is 32.2. The maximum Gasteiger partial charge on any atom is 0.442 e. The third-order valence-corrected chi connectivity index (χ3v) is 4.48. The van der Waals surface area contributed by atoms with Crippen LogP contribution in [0.3, 0.4) is 0 Å². The van der Waals surface area contributed by atoms with Gasteiger partial charge < -0.3 is 18.9 Å². The van der Waals surface area contributed by atoms with Gasteiger partial charge in [0.2, 0.25) is 0 Å². The van der Waals surface area contributed by atoms with Crippen molar-refractivity contribution in [3.8, 4) is 5.75 Å². The summed E-state index contributed by atoms with van der Waals surface area (Å²) < 4.78 is 60.4. The van der Waals surface area contributed by atoms with Crippen molar-refractivity contribution in [1.29, 1.82) is 0 Å². The molecule has 0 saturated carbocycles. The fourth-order valence-electron chi connectivity index (χ4n) is 2.25. The van der Waals surface area contributed by atoms with Crippen molar-refractivity contribution >= 4 is 16.9 Å². The van der Waals surface area contributed by atoms with Crippen LogP contribution in [0, 0.1) is 0 Å². The fourth-order valence-corrected chi connectivity index (χ4v) is 2.74. The quantitative estimate of drug-likeness (QED) is 0.415. The molecule has 0 aliphatic carbocycles. The van der Waals surface area contributed by atoms with Crippen LogP contribution in [0.1, 0.15) is 12.5 Å². The van der Waals surface area contributed by atoms with Crippen LogP contribution in [-0.4, -0.2) is 63.3 Å². The Bertz CT molecular complexity index is 682. The van der Waals surface area contributed by atoms with Gasteiger partial charge in [0.15, 0.2) is 5.12 Å².